The van der Waals surface area contributed by atoms with Crippen molar-refractivity contribution < 1.29 is 28.9 Å². The van der Waals surface area contributed by atoms with Crippen molar-refractivity contribution in [2.45, 2.75) is 44.7 Å². The van der Waals surface area contributed by atoms with E-state index in [4.69, 9.17) is 10.5 Å². The van der Waals surface area contributed by atoms with Gasteiger partial charge in [0.15, 0.2) is 11.6 Å². The van der Waals surface area contributed by atoms with E-state index in [1.54, 1.807) is 12.1 Å². The second-order valence-corrected chi connectivity index (χ2v) is 8.46. The SMILES string of the molecule is CCC(CC)(Cc1ccc(C(=O)Oc2ccc(C(N)=NC)cc2F)s1)NC(CO)C(=O)O. The lowest BCUT2D eigenvalue weighted by molar-refractivity contribution is -0.141. The minimum atomic E-state index is -1.13. The Labute approximate surface area is 189 Å². The highest BCUT2D eigenvalue weighted by atomic mass is 32.1. The van der Waals surface area contributed by atoms with E-state index in [0.717, 1.165) is 10.9 Å². The third kappa shape index (κ3) is 6.12. The highest BCUT2D eigenvalue weighted by molar-refractivity contribution is 7.13. The summed E-state index contributed by atoms with van der Waals surface area (Å²) in [4.78, 5) is 28.8. The molecule has 2 aromatic rings. The Morgan fingerprint density at radius 2 is 1.97 bits per heavy atom. The number of amidine groups is 1. The summed E-state index contributed by atoms with van der Waals surface area (Å²) >= 11 is 1.19. The summed E-state index contributed by atoms with van der Waals surface area (Å²) in [5.41, 5.74) is 5.48. The molecule has 10 heteroatoms. The van der Waals surface area contributed by atoms with E-state index in [2.05, 4.69) is 10.3 Å². The molecule has 1 aromatic carbocycles. The molecule has 0 saturated carbocycles. The number of thiophene rings is 1. The molecule has 174 valence electrons. The zero-order chi connectivity index (χ0) is 23.9. The number of carboxylic acids is 1. The predicted molar refractivity (Wildman–Crippen MR) is 121 cm³/mol. The summed E-state index contributed by atoms with van der Waals surface area (Å²) in [6.45, 7) is 3.33. The summed E-state index contributed by atoms with van der Waals surface area (Å²) in [6.07, 6.45) is 1.69. The maximum atomic E-state index is 14.3. The van der Waals surface area contributed by atoms with Crippen molar-refractivity contribution in [3.63, 3.8) is 0 Å². The van der Waals surface area contributed by atoms with Crippen LogP contribution in [0.1, 0.15) is 46.8 Å². The molecule has 0 aliphatic heterocycles. The molecular formula is C22H28FN3O5S. The van der Waals surface area contributed by atoms with Gasteiger partial charge in [-0.25, -0.2) is 9.18 Å². The van der Waals surface area contributed by atoms with Crippen LogP contribution in [0.15, 0.2) is 35.3 Å². The first-order chi connectivity index (χ1) is 15.2. The Morgan fingerprint density at radius 1 is 1.28 bits per heavy atom. The minimum absolute atomic E-state index is 0.167. The smallest absolute Gasteiger partial charge is 0.353 e. The molecule has 0 fully saturated rings. The number of carboxylic acid groups (broad SMARTS) is 1. The molecule has 0 radical (unpaired) electrons. The van der Waals surface area contributed by atoms with Crippen LogP contribution >= 0.6 is 11.3 Å². The lowest BCUT2D eigenvalue weighted by Crippen LogP contribution is -2.55. The topological polar surface area (TPSA) is 134 Å². The van der Waals surface area contributed by atoms with Crippen LogP contribution < -0.4 is 15.8 Å². The number of carbonyl (C=O) groups is 2. The number of aliphatic hydroxyl groups is 1. The van der Waals surface area contributed by atoms with Crippen LogP contribution in [0, 0.1) is 5.82 Å². The van der Waals surface area contributed by atoms with Crippen LogP contribution in [0.5, 0.6) is 5.75 Å². The highest BCUT2D eigenvalue weighted by Crippen LogP contribution is 2.28. The van der Waals surface area contributed by atoms with Crippen LogP contribution in [0.25, 0.3) is 0 Å². The molecule has 1 heterocycles. The molecule has 32 heavy (non-hydrogen) atoms. The van der Waals surface area contributed by atoms with Gasteiger partial charge in [-0.15, -0.1) is 11.3 Å². The number of nitrogens with one attached hydrogen (secondary N) is 1. The van der Waals surface area contributed by atoms with Gasteiger partial charge in [-0.05, 0) is 49.6 Å². The van der Waals surface area contributed by atoms with Crippen molar-refractivity contribution in [1.82, 2.24) is 5.32 Å². The standard InChI is InChI=1S/C22H28FN3O5S/c1-4-22(5-2,26-16(12-27)20(28)29)11-14-7-9-18(32-14)21(30)31-17-8-6-13(10-15(17)23)19(24)25-3/h6-10,16,26-27H,4-5,11-12H2,1-3H3,(H2,24,25)(H,28,29). The molecule has 8 nitrogen and oxygen atoms in total. The van der Waals surface area contributed by atoms with Crippen molar-refractivity contribution in [1.29, 1.82) is 0 Å². The van der Waals surface area contributed by atoms with Gasteiger partial charge in [-0.3, -0.25) is 15.1 Å². The average Bonchev–Trinajstić information content (AvgIpc) is 3.25. The fourth-order valence-electron chi connectivity index (χ4n) is 3.25. The van der Waals surface area contributed by atoms with Gasteiger partial charge in [0, 0.05) is 23.0 Å². The van der Waals surface area contributed by atoms with Crippen molar-refractivity contribution >= 4 is 29.1 Å². The van der Waals surface area contributed by atoms with Gasteiger partial charge in [-0.2, -0.15) is 0 Å². The third-order valence-corrected chi connectivity index (χ3v) is 6.43. The van der Waals surface area contributed by atoms with Crippen LogP contribution in [-0.2, 0) is 11.2 Å². The number of hydrogen-bond donors (Lipinski definition) is 4. The van der Waals surface area contributed by atoms with Crippen LogP contribution in [-0.4, -0.2) is 53.2 Å². The maximum Gasteiger partial charge on any atom is 0.353 e. The Kier molecular flexibility index (Phi) is 8.88. The molecule has 5 N–H and O–H groups in total. The van der Waals surface area contributed by atoms with Gasteiger partial charge >= 0.3 is 11.9 Å². The largest absolute Gasteiger partial charge is 0.480 e. The molecule has 0 bridgehead atoms. The van der Waals surface area contributed by atoms with Gasteiger partial charge in [-0.1, -0.05) is 13.8 Å². The lowest BCUT2D eigenvalue weighted by atomic mass is 9.87. The number of aliphatic carboxylic acids is 1. The molecule has 1 unspecified atom stereocenters. The Morgan fingerprint density at radius 3 is 2.50 bits per heavy atom. The van der Waals surface area contributed by atoms with Crippen molar-refractivity contribution in [3.8, 4) is 5.75 Å². The number of ether oxygens (including phenoxy) is 1. The normalized spacial score (nSPS) is 13.1. The van der Waals surface area contributed by atoms with E-state index >= 15 is 0 Å². The number of rotatable bonds is 11. The molecule has 1 atom stereocenters. The van der Waals surface area contributed by atoms with Gasteiger partial charge < -0.3 is 20.7 Å². The van der Waals surface area contributed by atoms with Gasteiger partial charge in [0.05, 0.1) is 6.61 Å². The van der Waals surface area contributed by atoms with E-state index in [-0.39, 0.29) is 16.5 Å². The molecular weight excluding hydrogens is 437 g/mol. The lowest BCUT2D eigenvalue weighted by Gasteiger charge is -2.35. The molecule has 0 amide bonds. The number of aliphatic imine (C=N–C) groups is 1. The Balaban J connectivity index is 2.15. The van der Waals surface area contributed by atoms with E-state index in [0.29, 0.717) is 24.8 Å². The summed E-state index contributed by atoms with van der Waals surface area (Å²) in [5, 5.41) is 21.7. The van der Waals surface area contributed by atoms with Gasteiger partial charge in [0.1, 0.15) is 16.8 Å². The number of aliphatic hydroxyl groups excluding tert-OH is 1. The zero-order valence-corrected chi connectivity index (χ0v) is 19.0. The average molecular weight is 466 g/mol. The fraction of sp³-hybridized carbons (Fsp3) is 0.409. The van der Waals surface area contributed by atoms with Crippen LogP contribution in [0.3, 0.4) is 0 Å². The fourth-order valence-corrected chi connectivity index (χ4v) is 4.28. The summed E-state index contributed by atoms with van der Waals surface area (Å²) in [5.74, 6) is -2.62. The first-order valence-electron chi connectivity index (χ1n) is 10.1. The minimum Gasteiger partial charge on any atom is -0.480 e. The van der Waals surface area contributed by atoms with E-state index in [1.807, 2.05) is 13.8 Å². The number of nitrogens with two attached hydrogens (primary N) is 1. The number of esters is 1. The molecule has 2 rings (SSSR count). The number of carbonyl (C=O) groups excluding carboxylic acids is 1. The Hall–Kier alpha value is -2.82. The quantitative estimate of drug-likeness (QED) is 0.173. The molecule has 0 aliphatic carbocycles. The van der Waals surface area contributed by atoms with Crippen molar-refractivity contribution in [2.75, 3.05) is 13.7 Å². The monoisotopic (exact) mass is 465 g/mol. The van der Waals surface area contributed by atoms with E-state index in [1.165, 1.54) is 30.5 Å². The highest BCUT2D eigenvalue weighted by Gasteiger charge is 2.32. The van der Waals surface area contributed by atoms with Crippen LogP contribution in [0.2, 0.25) is 0 Å². The summed E-state index contributed by atoms with van der Waals surface area (Å²) in [6, 6.07) is 6.24. The van der Waals surface area contributed by atoms with Crippen molar-refractivity contribution in [3.05, 3.63) is 51.5 Å². The third-order valence-electron chi connectivity index (χ3n) is 5.36. The Bertz CT molecular complexity index is 988. The number of benzene rings is 1. The maximum absolute atomic E-state index is 14.3. The second kappa shape index (κ2) is 11.2. The summed E-state index contributed by atoms with van der Waals surface area (Å²) < 4.78 is 19.5. The molecule has 1 aromatic heterocycles. The van der Waals surface area contributed by atoms with E-state index < -0.39 is 35.9 Å². The first kappa shape index (κ1) is 25.4. The predicted octanol–water partition coefficient (Wildman–Crippen LogP) is 2.58. The molecule has 0 spiro atoms. The molecule has 0 aliphatic rings. The zero-order valence-electron chi connectivity index (χ0n) is 18.2. The van der Waals surface area contributed by atoms with Crippen molar-refractivity contribution in [2.24, 2.45) is 10.7 Å². The number of hydrogen-bond acceptors (Lipinski definition) is 7. The molecule has 0 saturated heterocycles. The van der Waals surface area contributed by atoms with Gasteiger partial charge in [0.2, 0.25) is 0 Å². The summed E-state index contributed by atoms with van der Waals surface area (Å²) in [7, 11) is 1.49. The first-order valence-corrected chi connectivity index (χ1v) is 10.9. The van der Waals surface area contributed by atoms with E-state index in [9.17, 15) is 24.2 Å². The van der Waals surface area contributed by atoms with Crippen LogP contribution in [0.4, 0.5) is 4.39 Å². The second-order valence-electron chi connectivity index (χ2n) is 7.29. The number of halogens is 1. The number of nitrogens with zero attached hydrogens (tertiary/aromatic N) is 1. The van der Waals surface area contributed by atoms with Gasteiger partial charge in [0.25, 0.3) is 0 Å².